The Labute approximate surface area is 102 Å². The molecule has 1 aromatic heterocycles. The molecule has 2 aromatic rings. The largest absolute Gasteiger partial charge is 0.504 e. The molecule has 0 aliphatic rings. The number of anilines is 1. The lowest BCUT2D eigenvalue weighted by Gasteiger charge is -2.07. The Kier molecular flexibility index (Phi) is 2.74. The van der Waals surface area contributed by atoms with Crippen LogP contribution in [0.1, 0.15) is 0 Å². The molecule has 0 radical (unpaired) electrons. The van der Waals surface area contributed by atoms with Gasteiger partial charge in [0.25, 0.3) is 0 Å². The van der Waals surface area contributed by atoms with E-state index in [1.807, 2.05) is 0 Å². The minimum Gasteiger partial charge on any atom is -0.504 e. The lowest BCUT2D eigenvalue weighted by molar-refractivity contribution is 0.424. The molecule has 0 fully saturated rings. The first-order valence-corrected chi connectivity index (χ1v) is 6.63. The van der Waals surface area contributed by atoms with Gasteiger partial charge >= 0.3 is 0 Å². The van der Waals surface area contributed by atoms with Crippen LogP contribution in [0.15, 0.2) is 27.7 Å². The van der Waals surface area contributed by atoms with Gasteiger partial charge in [-0.05, 0) is 12.1 Å². The molecule has 0 aliphatic carbocycles. The van der Waals surface area contributed by atoms with E-state index in [4.69, 9.17) is 5.73 Å². The molecule has 0 saturated heterocycles. The Morgan fingerprint density at radius 2 is 2.06 bits per heavy atom. The molecule has 0 unspecified atom stereocenters. The first-order chi connectivity index (χ1) is 8.32. The topological polar surface area (TPSA) is 106 Å². The summed E-state index contributed by atoms with van der Waals surface area (Å²) < 4.78 is 40.9. The van der Waals surface area contributed by atoms with Gasteiger partial charge in [-0.3, -0.25) is 0 Å². The SMILES string of the molecule is CS(=O)(=O)c1ccc(-c2cnoc2N)c(O)c1F. The molecule has 1 aromatic carbocycles. The molecule has 1 heterocycles. The third kappa shape index (κ3) is 1.90. The van der Waals surface area contributed by atoms with Gasteiger partial charge in [0.05, 0.1) is 11.8 Å². The van der Waals surface area contributed by atoms with Gasteiger partial charge in [-0.1, -0.05) is 5.16 Å². The molecule has 0 amide bonds. The number of nitrogens with two attached hydrogens (primary N) is 1. The number of nitrogens with zero attached hydrogens (tertiary/aromatic N) is 1. The average molecular weight is 272 g/mol. The van der Waals surface area contributed by atoms with Crippen molar-refractivity contribution in [3.05, 3.63) is 24.1 Å². The van der Waals surface area contributed by atoms with Crippen LogP contribution in [0.3, 0.4) is 0 Å². The molecule has 8 heteroatoms. The van der Waals surface area contributed by atoms with Gasteiger partial charge < -0.3 is 15.4 Å². The van der Waals surface area contributed by atoms with Crippen molar-refractivity contribution in [2.45, 2.75) is 4.90 Å². The van der Waals surface area contributed by atoms with Crippen molar-refractivity contribution in [2.24, 2.45) is 0 Å². The molecule has 18 heavy (non-hydrogen) atoms. The summed E-state index contributed by atoms with van der Waals surface area (Å²) in [6, 6.07) is 2.28. The van der Waals surface area contributed by atoms with Crippen LogP contribution < -0.4 is 5.73 Å². The second-order valence-electron chi connectivity index (χ2n) is 3.65. The number of phenolic OH excluding ortho intramolecular Hbond substituents is 1. The van der Waals surface area contributed by atoms with Gasteiger partial charge in [0.1, 0.15) is 4.90 Å². The number of aromatic hydroxyl groups is 1. The van der Waals surface area contributed by atoms with Crippen molar-refractivity contribution in [2.75, 3.05) is 12.0 Å². The van der Waals surface area contributed by atoms with E-state index in [2.05, 4.69) is 9.68 Å². The van der Waals surface area contributed by atoms with Crippen LogP contribution in [0.4, 0.5) is 10.3 Å². The van der Waals surface area contributed by atoms with Crippen LogP contribution in [0, 0.1) is 5.82 Å². The fraction of sp³-hybridized carbons (Fsp3) is 0.100. The van der Waals surface area contributed by atoms with Crippen molar-refractivity contribution in [3.63, 3.8) is 0 Å². The summed E-state index contributed by atoms with van der Waals surface area (Å²) in [6.07, 6.45) is 2.04. The maximum absolute atomic E-state index is 13.8. The molecule has 0 spiro atoms. The lowest BCUT2D eigenvalue weighted by atomic mass is 10.1. The summed E-state index contributed by atoms with van der Waals surface area (Å²) in [4.78, 5) is -0.584. The molecular formula is C10H9FN2O4S. The zero-order valence-electron chi connectivity index (χ0n) is 9.21. The summed E-state index contributed by atoms with van der Waals surface area (Å²) in [5, 5.41) is 13.1. The van der Waals surface area contributed by atoms with Gasteiger partial charge in [-0.15, -0.1) is 0 Å². The number of phenols is 1. The van der Waals surface area contributed by atoms with Crippen LogP contribution >= 0.6 is 0 Å². The highest BCUT2D eigenvalue weighted by Gasteiger charge is 2.22. The maximum Gasteiger partial charge on any atom is 0.230 e. The summed E-state index contributed by atoms with van der Waals surface area (Å²) >= 11 is 0. The number of halogens is 1. The monoisotopic (exact) mass is 272 g/mol. The van der Waals surface area contributed by atoms with E-state index in [1.54, 1.807) is 0 Å². The lowest BCUT2D eigenvalue weighted by Crippen LogP contribution is -2.01. The number of aromatic nitrogens is 1. The van der Waals surface area contributed by atoms with Crippen molar-refractivity contribution in [3.8, 4) is 16.9 Å². The van der Waals surface area contributed by atoms with E-state index >= 15 is 0 Å². The molecular weight excluding hydrogens is 263 g/mol. The van der Waals surface area contributed by atoms with E-state index in [0.29, 0.717) is 0 Å². The summed E-state index contributed by atoms with van der Waals surface area (Å²) in [7, 11) is -3.76. The number of hydrogen-bond acceptors (Lipinski definition) is 6. The van der Waals surface area contributed by atoms with Crippen LogP contribution in [0.5, 0.6) is 5.75 Å². The third-order valence-electron chi connectivity index (χ3n) is 2.37. The molecule has 0 aliphatic heterocycles. The van der Waals surface area contributed by atoms with Crippen LogP contribution in [-0.4, -0.2) is 24.9 Å². The predicted octanol–water partition coefficient (Wildman–Crippen LogP) is 1.17. The van der Waals surface area contributed by atoms with E-state index in [0.717, 1.165) is 12.3 Å². The van der Waals surface area contributed by atoms with Gasteiger partial charge in [-0.2, -0.15) is 0 Å². The van der Waals surface area contributed by atoms with E-state index in [1.165, 1.54) is 12.3 Å². The molecule has 2 rings (SSSR count). The summed E-state index contributed by atoms with van der Waals surface area (Å²) in [5.41, 5.74) is 5.63. The van der Waals surface area contributed by atoms with Crippen LogP contribution in [-0.2, 0) is 9.84 Å². The Morgan fingerprint density at radius 3 is 2.56 bits per heavy atom. The van der Waals surface area contributed by atoms with Crippen molar-refractivity contribution >= 4 is 15.7 Å². The van der Waals surface area contributed by atoms with E-state index in [-0.39, 0.29) is 17.0 Å². The average Bonchev–Trinajstić information content (AvgIpc) is 2.67. The third-order valence-corrected chi connectivity index (χ3v) is 3.48. The predicted molar refractivity (Wildman–Crippen MR) is 61.1 cm³/mol. The van der Waals surface area contributed by atoms with Crippen LogP contribution in [0.2, 0.25) is 0 Å². The quantitative estimate of drug-likeness (QED) is 0.850. The van der Waals surface area contributed by atoms with Crippen molar-refractivity contribution in [1.29, 1.82) is 0 Å². The molecule has 6 nitrogen and oxygen atoms in total. The highest BCUT2D eigenvalue weighted by Crippen LogP contribution is 2.37. The molecule has 0 bridgehead atoms. The minimum atomic E-state index is -3.76. The molecule has 96 valence electrons. The zero-order valence-corrected chi connectivity index (χ0v) is 10.0. The maximum atomic E-state index is 13.8. The Bertz CT molecular complexity index is 709. The zero-order chi connectivity index (χ0) is 13.5. The standard InChI is InChI=1S/C10H9FN2O4S/c1-18(15,16)7-3-2-5(9(14)8(7)11)6-4-13-17-10(6)12/h2-4,14H,12H2,1H3. The summed E-state index contributed by atoms with van der Waals surface area (Å²) in [6.45, 7) is 0. The first kappa shape index (κ1) is 12.4. The van der Waals surface area contributed by atoms with Gasteiger partial charge in [0.2, 0.25) is 5.88 Å². The number of rotatable bonds is 2. The number of sulfone groups is 1. The van der Waals surface area contributed by atoms with Crippen molar-refractivity contribution < 1.29 is 22.4 Å². The molecule has 0 atom stereocenters. The van der Waals surface area contributed by atoms with E-state index < -0.39 is 26.3 Å². The Balaban J connectivity index is 2.69. The second kappa shape index (κ2) is 3.98. The summed E-state index contributed by atoms with van der Waals surface area (Å²) in [5.74, 6) is -2.14. The number of benzene rings is 1. The minimum absolute atomic E-state index is 0.0126. The Hall–Kier alpha value is -2.09. The highest BCUT2D eigenvalue weighted by molar-refractivity contribution is 7.90. The smallest absolute Gasteiger partial charge is 0.230 e. The number of hydrogen-bond donors (Lipinski definition) is 2. The second-order valence-corrected chi connectivity index (χ2v) is 5.63. The Morgan fingerprint density at radius 1 is 1.39 bits per heavy atom. The number of nitrogen functional groups attached to an aromatic ring is 1. The van der Waals surface area contributed by atoms with Crippen LogP contribution in [0.25, 0.3) is 11.1 Å². The van der Waals surface area contributed by atoms with Crippen molar-refractivity contribution in [1.82, 2.24) is 5.16 Å². The normalized spacial score (nSPS) is 11.7. The molecule has 3 N–H and O–H groups in total. The highest BCUT2D eigenvalue weighted by atomic mass is 32.2. The van der Waals surface area contributed by atoms with Gasteiger partial charge in [-0.25, -0.2) is 12.8 Å². The fourth-order valence-electron chi connectivity index (χ4n) is 1.50. The fourth-order valence-corrected chi connectivity index (χ4v) is 2.24. The van der Waals surface area contributed by atoms with E-state index in [9.17, 15) is 17.9 Å². The van der Waals surface area contributed by atoms with Gasteiger partial charge in [0, 0.05) is 11.8 Å². The van der Waals surface area contributed by atoms with Gasteiger partial charge in [0.15, 0.2) is 21.4 Å². The molecule has 0 saturated carbocycles. The first-order valence-electron chi connectivity index (χ1n) is 4.74.